The lowest BCUT2D eigenvalue weighted by Crippen LogP contribution is -2.68. The molecule has 1 fully saturated rings. The summed E-state index contributed by atoms with van der Waals surface area (Å²) >= 11 is 0. The molecule has 0 bridgehead atoms. The quantitative estimate of drug-likeness (QED) is 0.532. The molecule has 5 rings (SSSR count). The zero-order valence-electron chi connectivity index (χ0n) is 19.9. The van der Waals surface area contributed by atoms with E-state index in [1.807, 2.05) is 29.8 Å². The van der Waals surface area contributed by atoms with Gasteiger partial charge >= 0.3 is 0 Å². The summed E-state index contributed by atoms with van der Waals surface area (Å²) in [5.74, 6) is 0.635. The molecule has 0 unspecified atom stereocenters. The number of sulfonamides is 2. The zero-order chi connectivity index (χ0) is 25.2. The first-order chi connectivity index (χ1) is 16.6. The molecule has 35 heavy (non-hydrogen) atoms. The number of aliphatic hydroxyl groups excluding tert-OH is 1. The first kappa shape index (κ1) is 24.3. The number of rotatable bonds is 6. The molecule has 2 aliphatic heterocycles. The molecule has 2 aromatic carbocycles. The summed E-state index contributed by atoms with van der Waals surface area (Å²) in [5, 5.41) is 11.4. The van der Waals surface area contributed by atoms with Gasteiger partial charge in [-0.15, -0.1) is 0 Å². The van der Waals surface area contributed by atoms with Crippen molar-refractivity contribution in [2.75, 3.05) is 39.1 Å². The van der Waals surface area contributed by atoms with Crippen LogP contribution in [0.5, 0.6) is 5.75 Å². The molecule has 1 N–H and O–H groups in total. The molecule has 11 heteroatoms. The second kappa shape index (κ2) is 8.31. The Labute approximate surface area is 205 Å². The van der Waals surface area contributed by atoms with Crippen LogP contribution >= 0.6 is 0 Å². The van der Waals surface area contributed by atoms with Gasteiger partial charge < -0.3 is 14.4 Å². The van der Waals surface area contributed by atoms with Crippen molar-refractivity contribution in [3.63, 3.8) is 0 Å². The Bertz CT molecular complexity index is 1490. The maximum Gasteiger partial charge on any atom is 0.243 e. The van der Waals surface area contributed by atoms with E-state index in [4.69, 9.17) is 4.74 Å². The van der Waals surface area contributed by atoms with Crippen molar-refractivity contribution in [3.05, 3.63) is 59.8 Å². The summed E-state index contributed by atoms with van der Waals surface area (Å²) in [6, 6.07) is 13.0. The van der Waals surface area contributed by atoms with Crippen LogP contribution in [0.15, 0.2) is 53.4 Å². The lowest BCUT2D eigenvalue weighted by molar-refractivity contribution is 0.0752. The van der Waals surface area contributed by atoms with Gasteiger partial charge in [0.1, 0.15) is 5.75 Å². The number of aryl methyl sites for hydroxylation is 1. The van der Waals surface area contributed by atoms with Crippen molar-refractivity contribution in [3.8, 4) is 5.75 Å². The molecule has 3 aromatic rings. The van der Waals surface area contributed by atoms with Gasteiger partial charge in [-0.2, -0.15) is 8.61 Å². The minimum atomic E-state index is -3.97. The molecule has 2 aliphatic rings. The highest BCUT2D eigenvalue weighted by Gasteiger charge is 2.57. The van der Waals surface area contributed by atoms with Gasteiger partial charge in [-0.25, -0.2) is 16.8 Å². The monoisotopic (exact) mass is 519 g/mol. The fraction of sp³-hybridized carbons (Fsp3) is 0.417. The van der Waals surface area contributed by atoms with E-state index in [0.29, 0.717) is 11.4 Å². The Morgan fingerprint density at radius 1 is 1.06 bits per heavy atom. The van der Waals surface area contributed by atoms with Crippen molar-refractivity contribution in [1.29, 1.82) is 0 Å². The van der Waals surface area contributed by atoms with Crippen LogP contribution < -0.4 is 4.74 Å². The van der Waals surface area contributed by atoms with Crippen molar-refractivity contribution in [2.24, 2.45) is 7.05 Å². The van der Waals surface area contributed by atoms with E-state index in [9.17, 15) is 21.9 Å². The molecule has 0 radical (unpaired) electrons. The van der Waals surface area contributed by atoms with Crippen LogP contribution in [0, 0.1) is 0 Å². The summed E-state index contributed by atoms with van der Waals surface area (Å²) in [7, 11) is -3.98. The van der Waals surface area contributed by atoms with Crippen LogP contribution in [0.25, 0.3) is 10.9 Å². The molecule has 188 valence electrons. The van der Waals surface area contributed by atoms with Crippen LogP contribution in [0.3, 0.4) is 0 Å². The van der Waals surface area contributed by atoms with Crippen LogP contribution in [-0.2, 0) is 32.5 Å². The largest absolute Gasteiger partial charge is 0.497 e. The molecular weight excluding hydrogens is 490 g/mol. The summed E-state index contributed by atoms with van der Waals surface area (Å²) in [4.78, 5) is 0.134. The fourth-order valence-corrected chi connectivity index (χ4v) is 8.50. The number of hydrogen-bond acceptors (Lipinski definition) is 6. The third kappa shape index (κ3) is 3.52. The van der Waals surface area contributed by atoms with E-state index in [0.717, 1.165) is 16.5 Å². The Morgan fingerprint density at radius 2 is 1.74 bits per heavy atom. The Hall–Kier alpha value is -2.44. The van der Waals surface area contributed by atoms with Gasteiger partial charge in [-0.05, 0) is 36.8 Å². The number of methoxy groups -OCH3 is 1. The number of fused-ring (bicyclic) bond motifs is 4. The summed E-state index contributed by atoms with van der Waals surface area (Å²) in [6.07, 6.45) is 0. The van der Waals surface area contributed by atoms with E-state index in [1.165, 1.54) is 20.7 Å². The van der Waals surface area contributed by atoms with Crippen molar-refractivity contribution in [1.82, 2.24) is 13.2 Å². The highest BCUT2D eigenvalue weighted by atomic mass is 32.2. The number of benzene rings is 2. The van der Waals surface area contributed by atoms with E-state index >= 15 is 0 Å². The Kier molecular flexibility index (Phi) is 5.76. The number of aromatic nitrogens is 1. The predicted octanol–water partition coefficient (Wildman–Crippen LogP) is 1.83. The third-order valence-electron chi connectivity index (χ3n) is 7.34. The van der Waals surface area contributed by atoms with Gasteiger partial charge in [-0.3, -0.25) is 0 Å². The SMILES string of the molecule is CCS(=O)(=O)N1CC2(C1)CN(S(=O)(=O)c1ccccc1)[C@@H](CO)c1c2c2ccc(OC)cc2n1C. The van der Waals surface area contributed by atoms with Crippen LogP contribution in [0.2, 0.25) is 0 Å². The molecule has 1 saturated heterocycles. The highest BCUT2D eigenvalue weighted by Crippen LogP contribution is 2.51. The van der Waals surface area contributed by atoms with Crippen molar-refractivity contribution >= 4 is 30.9 Å². The average Bonchev–Trinajstić information content (AvgIpc) is 3.14. The molecule has 0 amide bonds. The smallest absolute Gasteiger partial charge is 0.243 e. The average molecular weight is 520 g/mol. The maximum atomic E-state index is 13.8. The number of ether oxygens (including phenoxy) is 1. The van der Waals surface area contributed by atoms with E-state index in [1.54, 1.807) is 32.2 Å². The van der Waals surface area contributed by atoms with E-state index in [-0.39, 0.29) is 30.3 Å². The van der Waals surface area contributed by atoms with Crippen molar-refractivity contribution < 1.29 is 26.7 Å². The minimum Gasteiger partial charge on any atom is -0.497 e. The lowest BCUT2D eigenvalue weighted by Gasteiger charge is -2.55. The molecule has 0 aliphatic carbocycles. The summed E-state index contributed by atoms with van der Waals surface area (Å²) in [5.41, 5.74) is 1.68. The van der Waals surface area contributed by atoms with Crippen LogP contribution in [0.4, 0.5) is 0 Å². The molecule has 0 saturated carbocycles. The van der Waals surface area contributed by atoms with Gasteiger partial charge in [0.2, 0.25) is 20.0 Å². The molecule has 1 atom stereocenters. The third-order valence-corrected chi connectivity index (χ3v) is 11.0. The van der Waals surface area contributed by atoms with Gasteiger partial charge in [0, 0.05) is 49.2 Å². The molecular formula is C24H29N3O6S2. The first-order valence-electron chi connectivity index (χ1n) is 11.4. The van der Waals surface area contributed by atoms with Crippen LogP contribution in [0.1, 0.15) is 24.2 Å². The lowest BCUT2D eigenvalue weighted by atomic mass is 9.70. The van der Waals surface area contributed by atoms with Gasteiger partial charge in [-0.1, -0.05) is 18.2 Å². The second-order valence-electron chi connectivity index (χ2n) is 9.21. The molecule has 1 aromatic heterocycles. The van der Waals surface area contributed by atoms with E-state index < -0.39 is 38.1 Å². The molecule has 3 heterocycles. The van der Waals surface area contributed by atoms with Gasteiger partial charge in [0.25, 0.3) is 0 Å². The zero-order valence-corrected chi connectivity index (χ0v) is 21.5. The molecule has 1 spiro atoms. The predicted molar refractivity (Wildman–Crippen MR) is 132 cm³/mol. The van der Waals surface area contributed by atoms with Gasteiger partial charge in [0.15, 0.2) is 0 Å². The van der Waals surface area contributed by atoms with E-state index in [2.05, 4.69) is 0 Å². The normalized spacial score (nSPS) is 20.6. The van der Waals surface area contributed by atoms with Gasteiger partial charge in [0.05, 0.1) is 35.9 Å². The minimum absolute atomic E-state index is 0.0199. The Balaban J connectivity index is 1.74. The van der Waals surface area contributed by atoms with Crippen molar-refractivity contribution in [2.45, 2.75) is 23.3 Å². The second-order valence-corrected chi connectivity index (χ2v) is 13.4. The standard InChI is InChI=1S/C24H29N3O6S2/c1-4-34(29,30)26-14-24(15-26)16-27(35(31,32)18-8-6-5-7-9-18)21(13-28)23-22(24)19-11-10-17(33-3)12-20(19)25(23)2/h5-12,21,28H,4,13-16H2,1-3H3/t21-/m0/s1. The maximum absolute atomic E-state index is 13.8. The number of aliphatic hydroxyl groups is 1. The van der Waals surface area contributed by atoms with Crippen LogP contribution in [-0.4, -0.2) is 74.2 Å². The first-order valence-corrected chi connectivity index (χ1v) is 14.5. The fourth-order valence-electron chi connectivity index (χ4n) is 5.56. The molecule has 9 nitrogen and oxygen atoms in total. The number of hydrogen-bond donors (Lipinski definition) is 1. The summed E-state index contributed by atoms with van der Waals surface area (Å²) < 4.78 is 62.9. The highest BCUT2D eigenvalue weighted by molar-refractivity contribution is 7.89. The Morgan fingerprint density at radius 3 is 2.34 bits per heavy atom. The topological polar surface area (TPSA) is 109 Å². The number of nitrogens with zero attached hydrogens (tertiary/aromatic N) is 3. The summed E-state index contributed by atoms with van der Waals surface area (Å²) in [6.45, 7) is 1.63.